The van der Waals surface area contributed by atoms with Gasteiger partial charge in [-0.2, -0.15) is 12.6 Å². The molecule has 0 saturated heterocycles. The van der Waals surface area contributed by atoms with Crippen LogP contribution in [0.25, 0.3) is 6.08 Å². The number of pyridine rings is 1. The van der Waals surface area contributed by atoms with Crippen LogP contribution >= 0.6 is 24.2 Å². The van der Waals surface area contributed by atoms with Crippen molar-refractivity contribution in [2.24, 2.45) is 0 Å². The quantitative estimate of drug-likeness (QED) is 0.600. The fraction of sp³-hybridized carbons (Fsp3) is 0.300. The number of halogens is 1. The summed E-state index contributed by atoms with van der Waals surface area (Å²) in [7, 11) is 0. The van der Waals surface area contributed by atoms with Crippen LogP contribution in [0.5, 0.6) is 0 Å². The number of aryl methyl sites for hydroxylation is 1. The Bertz CT molecular complexity index is 310. The topological polar surface area (TPSA) is 12.9 Å². The zero-order chi connectivity index (χ0) is 9.68. The molecule has 0 aromatic carbocycles. The standard InChI is InChI=1S/C10H12ClNS/c1-8-6-10(11)12-7-9(8)4-2-3-5-13/h2,4,6-7,13H,3,5H2,1H3. The molecule has 1 heterocycles. The Morgan fingerprint density at radius 3 is 3.00 bits per heavy atom. The lowest BCUT2D eigenvalue weighted by atomic mass is 10.1. The monoisotopic (exact) mass is 213 g/mol. The number of thiol groups is 1. The largest absolute Gasteiger partial charge is 0.244 e. The van der Waals surface area contributed by atoms with E-state index in [4.69, 9.17) is 11.6 Å². The van der Waals surface area contributed by atoms with Crippen molar-refractivity contribution in [2.45, 2.75) is 13.3 Å². The molecule has 0 N–H and O–H groups in total. The van der Waals surface area contributed by atoms with E-state index < -0.39 is 0 Å². The maximum atomic E-state index is 5.73. The molecule has 0 aliphatic heterocycles. The molecule has 1 nitrogen and oxygen atoms in total. The Balaban J connectivity index is 2.77. The summed E-state index contributed by atoms with van der Waals surface area (Å²) in [5, 5.41) is 0.545. The summed E-state index contributed by atoms with van der Waals surface area (Å²) in [6.45, 7) is 2.02. The van der Waals surface area contributed by atoms with E-state index in [2.05, 4.69) is 29.8 Å². The first-order valence-electron chi connectivity index (χ1n) is 4.13. The van der Waals surface area contributed by atoms with E-state index in [1.54, 1.807) is 6.20 Å². The number of aromatic nitrogens is 1. The predicted molar refractivity (Wildman–Crippen MR) is 61.5 cm³/mol. The van der Waals surface area contributed by atoms with Gasteiger partial charge in [0.2, 0.25) is 0 Å². The van der Waals surface area contributed by atoms with Crippen LogP contribution in [0.15, 0.2) is 18.3 Å². The van der Waals surface area contributed by atoms with Gasteiger partial charge in [-0.15, -0.1) is 0 Å². The van der Waals surface area contributed by atoms with Crippen LogP contribution in [-0.4, -0.2) is 10.7 Å². The summed E-state index contributed by atoms with van der Waals surface area (Å²) < 4.78 is 0. The van der Waals surface area contributed by atoms with E-state index in [0.717, 1.165) is 23.3 Å². The molecule has 1 aromatic heterocycles. The van der Waals surface area contributed by atoms with E-state index in [-0.39, 0.29) is 0 Å². The molecule has 0 bridgehead atoms. The van der Waals surface area contributed by atoms with Crippen molar-refractivity contribution in [1.29, 1.82) is 0 Å². The van der Waals surface area contributed by atoms with Gasteiger partial charge in [0, 0.05) is 6.20 Å². The van der Waals surface area contributed by atoms with Gasteiger partial charge in [-0.25, -0.2) is 4.98 Å². The molecule has 1 rings (SSSR count). The molecule has 0 atom stereocenters. The Labute approximate surface area is 89.2 Å². The molecular weight excluding hydrogens is 202 g/mol. The fourth-order valence-corrected chi connectivity index (χ4v) is 1.35. The third-order valence-electron chi connectivity index (χ3n) is 1.71. The minimum absolute atomic E-state index is 0.545. The lowest BCUT2D eigenvalue weighted by Crippen LogP contribution is -1.83. The van der Waals surface area contributed by atoms with Gasteiger partial charge in [-0.05, 0) is 36.3 Å². The Hall–Kier alpha value is -0.470. The molecule has 0 aliphatic rings. The SMILES string of the molecule is Cc1cc(Cl)ncc1C=CCCS. The number of allylic oxidation sites excluding steroid dienone is 1. The summed E-state index contributed by atoms with van der Waals surface area (Å²) in [4.78, 5) is 4.01. The first kappa shape index (κ1) is 10.6. The summed E-state index contributed by atoms with van der Waals surface area (Å²) >= 11 is 9.85. The highest BCUT2D eigenvalue weighted by Crippen LogP contribution is 2.13. The van der Waals surface area contributed by atoms with Crippen LogP contribution in [0.2, 0.25) is 5.15 Å². The molecular formula is C10H12ClNS. The lowest BCUT2D eigenvalue weighted by Gasteiger charge is -1.99. The van der Waals surface area contributed by atoms with Crippen LogP contribution in [-0.2, 0) is 0 Å². The number of hydrogen-bond donors (Lipinski definition) is 1. The average Bonchev–Trinajstić information content (AvgIpc) is 2.09. The maximum absolute atomic E-state index is 5.73. The Morgan fingerprint density at radius 2 is 2.38 bits per heavy atom. The van der Waals surface area contributed by atoms with Crippen molar-refractivity contribution in [3.05, 3.63) is 34.6 Å². The molecule has 0 fully saturated rings. The molecule has 0 unspecified atom stereocenters. The molecule has 0 aliphatic carbocycles. The van der Waals surface area contributed by atoms with Gasteiger partial charge in [0.15, 0.2) is 0 Å². The fourth-order valence-electron chi connectivity index (χ4n) is 0.992. The zero-order valence-corrected chi connectivity index (χ0v) is 9.15. The normalized spacial score (nSPS) is 11.0. The van der Waals surface area contributed by atoms with Gasteiger partial charge in [0.25, 0.3) is 0 Å². The Kier molecular flexibility index (Phi) is 4.33. The Morgan fingerprint density at radius 1 is 1.62 bits per heavy atom. The van der Waals surface area contributed by atoms with E-state index in [1.165, 1.54) is 0 Å². The van der Waals surface area contributed by atoms with Crippen molar-refractivity contribution >= 4 is 30.3 Å². The second kappa shape index (κ2) is 5.30. The van der Waals surface area contributed by atoms with Gasteiger partial charge in [-0.1, -0.05) is 23.8 Å². The van der Waals surface area contributed by atoms with Crippen LogP contribution < -0.4 is 0 Å². The van der Waals surface area contributed by atoms with Crippen LogP contribution in [0.4, 0.5) is 0 Å². The van der Waals surface area contributed by atoms with Crippen molar-refractivity contribution in [1.82, 2.24) is 4.98 Å². The highest BCUT2D eigenvalue weighted by Gasteiger charge is 1.95. The van der Waals surface area contributed by atoms with Crippen LogP contribution in [0, 0.1) is 6.92 Å². The first-order chi connectivity index (χ1) is 6.24. The van der Waals surface area contributed by atoms with Crippen molar-refractivity contribution in [3.8, 4) is 0 Å². The van der Waals surface area contributed by atoms with Crippen molar-refractivity contribution < 1.29 is 0 Å². The lowest BCUT2D eigenvalue weighted by molar-refractivity contribution is 1.24. The molecule has 3 heteroatoms. The van der Waals surface area contributed by atoms with E-state index in [9.17, 15) is 0 Å². The third kappa shape index (κ3) is 3.41. The van der Waals surface area contributed by atoms with Gasteiger partial charge in [-0.3, -0.25) is 0 Å². The second-order valence-electron chi connectivity index (χ2n) is 2.78. The zero-order valence-electron chi connectivity index (χ0n) is 7.50. The van der Waals surface area contributed by atoms with Gasteiger partial charge < -0.3 is 0 Å². The number of hydrogen-bond acceptors (Lipinski definition) is 2. The minimum Gasteiger partial charge on any atom is -0.244 e. The molecule has 13 heavy (non-hydrogen) atoms. The van der Waals surface area contributed by atoms with Crippen LogP contribution in [0.1, 0.15) is 17.5 Å². The summed E-state index contributed by atoms with van der Waals surface area (Å²) in [6.07, 6.45) is 6.90. The maximum Gasteiger partial charge on any atom is 0.129 e. The number of rotatable bonds is 3. The minimum atomic E-state index is 0.545. The third-order valence-corrected chi connectivity index (χ3v) is 2.18. The van der Waals surface area contributed by atoms with Gasteiger partial charge in [0.05, 0.1) is 0 Å². The van der Waals surface area contributed by atoms with Gasteiger partial charge in [0.1, 0.15) is 5.15 Å². The van der Waals surface area contributed by atoms with E-state index in [1.807, 2.05) is 13.0 Å². The van der Waals surface area contributed by atoms with Gasteiger partial charge >= 0.3 is 0 Å². The number of nitrogens with zero attached hydrogens (tertiary/aromatic N) is 1. The molecule has 0 saturated carbocycles. The summed E-state index contributed by atoms with van der Waals surface area (Å²) in [6, 6.07) is 1.86. The molecule has 0 spiro atoms. The van der Waals surface area contributed by atoms with Crippen molar-refractivity contribution in [3.63, 3.8) is 0 Å². The van der Waals surface area contributed by atoms with Crippen molar-refractivity contribution in [2.75, 3.05) is 5.75 Å². The second-order valence-corrected chi connectivity index (χ2v) is 3.61. The molecule has 1 aromatic rings. The predicted octanol–water partition coefficient (Wildman–Crippen LogP) is 3.38. The smallest absolute Gasteiger partial charge is 0.129 e. The first-order valence-corrected chi connectivity index (χ1v) is 5.14. The summed E-state index contributed by atoms with van der Waals surface area (Å²) in [5.74, 6) is 0.872. The highest BCUT2D eigenvalue weighted by atomic mass is 35.5. The summed E-state index contributed by atoms with van der Waals surface area (Å²) in [5.41, 5.74) is 2.27. The highest BCUT2D eigenvalue weighted by molar-refractivity contribution is 7.80. The van der Waals surface area contributed by atoms with Crippen LogP contribution in [0.3, 0.4) is 0 Å². The molecule has 70 valence electrons. The van der Waals surface area contributed by atoms with E-state index >= 15 is 0 Å². The molecule has 0 amide bonds. The molecule has 0 radical (unpaired) electrons. The van der Waals surface area contributed by atoms with E-state index in [0.29, 0.717) is 5.15 Å². The average molecular weight is 214 g/mol.